The van der Waals surface area contributed by atoms with Gasteiger partial charge in [-0.25, -0.2) is 4.79 Å². The number of fused-ring (bicyclic) bond motifs is 2. The Kier molecular flexibility index (Phi) is 5.07. The van der Waals surface area contributed by atoms with E-state index in [1.807, 2.05) is 72.8 Å². The summed E-state index contributed by atoms with van der Waals surface area (Å²) in [5.41, 5.74) is 1.93. The van der Waals surface area contributed by atoms with Crippen LogP contribution >= 0.6 is 11.8 Å². The maximum Gasteiger partial charge on any atom is 0.336 e. The fourth-order valence-electron chi connectivity index (χ4n) is 3.40. The third-order valence-electron chi connectivity index (χ3n) is 4.59. The molecule has 0 saturated carbocycles. The van der Waals surface area contributed by atoms with E-state index in [1.165, 1.54) is 18.7 Å². The maximum absolute atomic E-state index is 12.0. The van der Waals surface area contributed by atoms with Crippen LogP contribution in [0.5, 0.6) is 0 Å². The molecule has 29 heavy (non-hydrogen) atoms. The third-order valence-corrected chi connectivity index (χ3v) is 5.39. The Hall–Kier alpha value is -3.55. The minimum atomic E-state index is -0.949. The lowest BCUT2D eigenvalue weighted by Crippen LogP contribution is -2.01. The average Bonchev–Trinajstić information content (AvgIpc) is 2.71. The van der Waals surface area contributed by atoms with E-state index in [1.54, 1.807) is 0 Å². The van der Waals surface area contributed by atoms with Crippen LogP contribution in [0.15, 0.2) is 77.7 Å². The van der Waals surface area contributed by atoms with Crippen molar-refractivity contribution in [2.24, 2.45) is 0 Å². The SMILES string of the molecule is CC(=O)Sc1ccc(C#Cc2c3ccccc3c(C(=O)O)c3ccccc23)cc1. The Morgan fingerprint density at radius 2 is 1.28 bits per heavy atom. The molecule has 0 heterocycles. The molecule has 0 fully saturated rings. The van der Waals surface area contributed by atoms with E-state index in [0.717, 1.165) is 26.8 Å². The zero-order valence-corrected chi connectivity index (χ0v) is 16.4. The summed E-state index contributed by atoms with van der Waals surface area (Å²) in [4.78, 5) is 24.1. The summed E-state index contributed by atoms with van der Waals surface area (Å²) in [6, 6.07) is 22.4. The molecule has 4 aromatic carbocycles. The Labute approximate surface area is 172 Å². The summed E-state index contributed by atoms with van der Waals surface area (Å²) in [5, 5.41) is 12.8. The van der Waals surface area contributed by atoms with E-state index in [0.29, 0.717) is 16.3 Å². The van der Waals surface area contributed by atoms with Crippen molar-refractivity contribution < 1.29 is 14.7 Å². The first-order chi connectivity index (χ1) is 14.0. The van der Waals surface area contributed by atoms with Gasteiger partial charge in [0.05, 0.1) is 5.56 Å². The summed E-state index contributed by atoms with van der Waals surface area (Å²) in [6.07, 6.45) is 0. The first-order valence-corrected chi connectivity index (χ1v) is 9.83. The molecule has 4 rings (SSSR count). The number of carboxylic acid groups (broad SMARTS) is 1. The number of carboxylic acids is 1. The predicted octanol–water partition coefficient (Wildman–Crippen LogP) is 5.73. The highest BCUT2D eigenvalue weighted by atomic mass is 32.2. The van der Waals surface area contributed by atoms with Gasteiger partial charge in [-0.3, -0.25) is 4.79 Å². The van der Waals surface area contributed by atoms with Gasteiger partial charge in [0, 0.05) is 22.9 Å². The number of carbonyl (C=O) groups is 2. The van der Waals surface area contributed by atoms with Gasteiger partial charge < -0.3 is 5.11 Å². The van der Waals surface area contributed by atoms with Crippen molar-refractivity contribution in [1.29, 1.82) is 0 Å². The molecule has 0 saturated heterocycles. The number of benzene rings is 4. The van der Waals surface area contributed by atoms with E-state index in [-0.39, 0.29) is 5.12 Å². The number of hydrogen-bond donors (Lipinski definition) is 1. The molecule has 3 nitrogen and oxygen atoms in total. The zero-order valence-electron chi connectivity index (χ0n) is 15.6. The fraction of sp³-hybridized carbons (Fsp3) is 0.0400. The van der Waals surface area contributed by atoms with Gasteiger partial charge in [0.1, 0.15) is 0 Å². The Morgan fingerprint density at radius 1 is 0.759 bits per heavy atom. The molecule has 0 aliphatic heterocycles. The second kappa shape index (κ2) is 7.83. The lowest BCUT2D eigenvalue weighted by molar-refractivity contribution is -0.109. The Morgan fingerprint density at radius 3 is 1.76 bits per heavy atom. The van der Waals surface area contributed by atoms with E-state index in [9.17, 15) is 14.7 Å². The minimum absolute atomic E-state index is 0.0419. The van der Waals surface area contributed by atoms with Crippen molar-refractivity contribution in [2.75, 3.05) is 0 Å². The van der Waals surface area contributed by atoms with Crippen LogP contribution in [0.1, 0.15) is 28.4 Å². The largest absolute Gasteiger partial charge is 0.478 e. The van der Waals surface area contributed by atoms with Gasteiger partial charge in [0.2, 0.25) is 0 Å². The third kappa shape index (κ3) is 3.73. The standard InChI is InChI=1S/C25H16O3S/c1-16(26)29-18-13-10-17(11-14-18)12-15-21-19-6-2-4-8-22(19)24(25(27)28)23-9-5-3-7-20(21)23/h2-11,13-14H,1H3,(H,27,28). The van der Waals surface area contributed by atoms with Crippen LogP contribution in [-0.4, -0.2) is 16.2 Å². The summed E-state index contributed by atoms with van der Waals surface area (Å²) >= 11 is 1.19. The van der Waals surface area contributed by atoms with Gasteiger partial charge in [0.25, 0.3) is 0 Å². The highest BCUT2D eigenvalue weighted by Crippen LogP contribution is 2.32. The van der Waals surface area contributed by atoms with Crippen molar-refractivity contribution >= 4 is 44.4 Å². The van der Waals surface area contributed by atoms with E-state index < -0.39 is 5.97 Å². The summed E-state index contributed by atoms with van der Waals surface area (Å²) in [6.45, 7) is 1.54. The van der Waals surface area contributed by atoms with Crippen LogP contribution in [-0.2, 0) is 4.79 Å². The molecular weight excluding hydrogens is 380 g/mol. The molecule has 4 heteroatoms. The van der Waals surface area contributed by atoms with Crippen LogP contribution in [0.25, 0.3) is 21.5 Å². The lowest BCUT2D eigenvalue weighted by Gasteiger charge is -2.11. The summed E-state index contributed by atoms with van der Waals surface area (Å²) < 4.78 is 0. The van der Waals surface area contributed by atoms with Gasteiger partial charge >= 0.3 is 5.97 Å². The van der Waals surface area contributed by atoms with E-state index in [4.69, 9.17) is 0 Å². The van der Waals surface area contributed by atoms with Gasteiger partial charge in [-0.2, -0.15) is 0 Å². The van der Waals surface area contributed by atoms with Crippen LogP contribution in [0, 0.1) is 11.8 Å². The Balaban J connectivity index is 1.91. The number of hydrogen-bond acceptors (Lipinski definition) is 3. The molecule has 0 amide bonds. The van der Waals surface area contributed by atoms with Crippen LogP contribution in [0.4, 0.5) is 0 Å². The first kappa shape index (κ1) is 18.8. The lowest BCUT2D eigenvalue weighted by atomic mass is 9.92. The quantitative estimate of drug-likeness (QED) is 0.267. The molecule has 0 radical (unpaired) electrons. The van der Waals surface area contributed by atoms with Crippen molar-refractivity contribution in [3.8, 4) is 11.8 Å². The first-order valence-electron chi connectivity index (χ1n) is 9.02. The zero-order chi connectivity index (χ0) is 20.4. The van der Waals surface area contributed by atoms with Crippen LogP contribution in [0.2, 0.25) is 0 Å². The van der Waals surface area contributed by atoms with E-state index in [2.05, 4.69) is 11.8 Å². The molecule has 0 aromatic heterocycles. The van der Waals surface area contributed by atoms with Gasteiger partial charge in [-0.05, 0) is 45.8 Å². The second-order valence-corrected chi connectivity index (χ2v) is 7.76. The smallest absolute Gasteiger partial charge is 0.336 e. The molecule has 0 aliphatic carbocycles. The molecule has 140 valence electrons. The fourth-order valence-corrected chi connectivity index (χ4v) is 4.00. The molecule has 0 bridgehead atoms. The van der Waals surface area contributed by atoms with Gasteiger partial charge in [0.15, 0.2) is 5.12 Å². The van der Waals surface area contributed by atoms with Crippen molar-refractivity contribution in [3.63, 3.8) is 0 Å². The maximum atomic E-state index is 12.0. The van der Waals surface area contributed by atoms with E-state index >= 15 is 0 Å². The van der Waals surface area contributed by atoms with Crippen molar-refractivity contribution in [3.05, 3.63) is 89.5 Å². The number of thioether (sulfide) groups is 1. The average molecular weight is 396 g/mol. The summed E-state index contributed by atoms with van der Waals surface area (Å²) in [5.74, 6) is 5.49. The minimum Gasteiger partial charge on any atom is -0.478 e. The van der Waals surface area contributed by atoms with Crippen LogP contribution in [0.3, 0.4) is 0 Å². The van der Waals surface area contributed by atoms with Crippen molar-refractivity contribution in [1.82, 2.24) is 0 Å². The highest BCUT2D eigenvalue weighted by molar-refractivity contribution is 8.13. The highest BCUT2D eigenvalue weighted by Gasteiger charge is 2.16. The predicted molar refractivity (Wildman–Crippen MR) is 117 cm³/mol. The topological polar surface area (TPSA) is 54.4 Å². The molecule has 0 aliphatic rings. The molecule has 0 unspecified atom stereocenters. The monoisotopic (exact) mass is 396 g/mol. The van der Waals surface area contributed by atoms with Crippen molar-refractivity contribution in [2.45, 2.75) is 11.8 Å². The number of rotatable bonds is 2. The number of carbonyl (C=O) groups excluding carboxylic acids is 1. The molecule has 0 atom stereocenters. The normalized spacial score (nSPS) is 10.5. The Bertz CT molecular complexity index is 1270. The second-order valence-electron chi connectivity index (χ2n) is 6.51. The van der Waals surface area contributed by atoms with Crippen LogP contribution < -0.4 is 0 Å². The molecule has 1 N–H and O–H groups in total. The molecule has 4 aromatic rings. The molecular formula is C25H16O3S. The summed E-state index contributed by atoms with van der Waals surface area (Å²) in [7, 11) is 0. The van der Waals surface area contributed by atoms with Gasteiger partial charge in [-0.15, -0.1) is 0 Å². The molecule has 0 spiro atoms. The number of aromatic carboxylic acids is 1. The van der Waals surface area contributed by atoms with Gasteiger partial charge in [-0.1, -0.05) is 72.1 Å².